The van der Waals surface area contributed by atoms with Gasteiger partial charge < -0.3 is 5.11 Å². The average Bonchev–Trinajstić information content (AvgIpc) is 3.26. The molecule has 1 N–H and O–H groups in total. The van der Waals surface area contributed by atoms with Gasteiger partial charge in [0.15, 0.2) is 0 Å². The summed E-state index contributed by atoms with van der Waals surface area (Å²) >= 11 is 0. The number of carboxylic acid groups (broad SMARTS) is 1. The van der Waals surface area contributed by atoms with Crippen molar-refractivity contribution in [2.75, 3.05) is 0 Å². The van der Waals surface area contributed by atoms with E-state index in [1.54, 1.807) is 27.6 Å². The van der Waals surface area contributed by atoms with Crippen LogP contribution in [0.25, 0.3) is 38.8 Å². The van der Waals surface area contributed by atoms with Gasteiger partial charge in [0.2, 0.25) is 0 Å². The van der Waals surface area contributed by atoms with E-state index in [2.05, 4.69) is 10.1 Å². The van der Waals surface area contributed by atoms with E-state index in [4.69, 9.17) is 0 Å². The van der Waals surface area contributed by atoms with Crippen molar-refractivity contribution in [3.8, 4) is 16.8 Å². The van der Waals surface area contributed by atoms with E-state index in [1.165, 1.54) is 4.57 Å². The zero-order chi connectivity index (χ0) is 21.7. The van der Waals surface area contributed by atoms with Gasteiger partial charge in [-0.1, -0.05) is 18.2 Å². The molecule has 0 amide bonds. The van der Waals surface area contributed by atoms with Gasteiger partial charge in [-0.05, 0) is 42.3 Å². The van der Waals surface area contributed by atoms with Crippen LogP contribution in [0.1, 0.15) is 5.56 Å². The zero-order valence-electron chi connectivity index (χ0n) is 17.0. The number of pyridine rings is 1. The summed E-state index contributed by atoms with van der Waals surface area (Å²) in [5, 5.41) is 14.6. The lowest BCUT2D eigenvalue weighted by molar-refractivity contribution is -0.137. The van der Waals surface area contributed by atoms with Crippen LogP contribution in [-0.4, -0.2) is 35.0 Å². The maximum atomic E-state index is 13.2. The summed E-state index contributed by atoms with van der Waals surface area (Å²) in [5.74, 6) is -1.06. The van der Waals surface area contributed by atoms with Crippen LogP contribution in [0.15, 0.2) is 65.8 Å². The first-order chi connectivity index (χ1) is 15.0. The Bertz CT molecular complexity index is 1540. The summed E-state index contributed by atoms with van der Waals surface area (Å²) in [4.78, 5) is 28.8. The highest BCUT2D eigenvalue weighted by Crippen LogP contribution is 2.30. The van der Waals surface area contributed by atoms with Crippen LogP contribution < -0.4 is 5.69 Å². The van der Waals surface area contributed by atoms with Crippen molar-refractivity contribution in [3.63, 3.8) is 0 Å². The summed E-state index contributed by atoms with van der Waals surface area (Å²) in [6, 6.07) is 13.1. The average molecular weight is 413 g/mol. The predicted molar refractivity (Wildman–Crippen MR) is 117 cm³/mol. The number of hydrogen-bond acceptors (Lipinski definition) is 4. The fourth-order valence-electron chi connectivity index (χ4n) is 4.09. The molecule has 2 aromatic carbocycles. The third-order valence-electron chi connectivity index (χ3n) is 5.55. The molecule has 5 aromatic rings. The predicted octanol–water partition coefficient (Wildman–Crippen LogP) is 3.13. The number of nitrogens with zero attached hydrogens (tertiary/aromatic N) is 5. The van der Waals surface area contributed by atoms with Gasteiger partial charge in [-0.3, -0.25) is 23.6 Å². The van der Waals surface area contributed by atoms with Gasteiger partial charge in [-0.15, -0.1) is 0 Å². The molecule has 8 heteroatoms. The maximum absolute atomic E-state index is 13.2. The monoisotopic (exact) mass is 413 g/mol. The largest absolute Gasteiger partial charge is 0.480 e. The molecule has 0 aliphatic heterocycles. The Kier molecular flexibility index (Phi) is 4.21. The molecule has 0 fully saturated rings. The van der Waals surface area contributed by atoms with Crippen molar-refractivity contribution >= 4 is 27.9 Å². The van der Waals surface area contributed by atoms with Crippen molar-refractivity contribution in [1.82, 2.24) is 23.9 Å². The van der Waals surface area contributed by atoms with Gasteiger partial charge in [0.1, 0.15) is 6.54 Å². The maximum Gasteiger partial charge on any atom is 0.334 e. The molecule has 8 nitrogen and oxygen atoms in total. The fraction of sp³-hybridized carbons (Fsp3) is 0.130. The SMILES string of the molecule is Cc1cc(-c2cncc3c2cnn3C)ccc1-n1c(=O)n(CC(=O)O)c2ccccc21. The van der Waals surface area contributed by atoms with E-state index < -0.39 is 12.5 Å². The van der Waals surface area contributed by atoms with E-state index >= 15 is 0 Å². The third kappa shape index (κ3) is 2.92. The van der Waals surface area contributed by atoms with E-state index in [9.17, 15) is 14.7 Å². The second-order valence-corrected chi connectivity index (χ2v) is 7.48. The molecular weight excluding hydrogens is 394 g/mol. The molecule has 0 saturated carbocycles. The highest BCUT2D eigenvalue weighted by Gasteiger charge is 2.18. The Morgan fingerprint density at radius 1 is 1.03 bits per heavy atom. The number of para-hydroxylation sites is 2. The molecule has 0 spiro atoms. The van der Waals surface area contributed by atoms with Gasteiger partial charge in [-0.2, -0.15) is 5.10 Å². The summed E-state index contributed by atoms with van der Waals surface area (Å²) in [5.41, 5.74) is 5.33. The Hall–Kier alpha value is -4.20. The van der Waals surface area contributed by atoms with E-state index in [0.717, 1.165) is 27.6 Å². The Labute approximate surface area is 176 Å². The Morgan fingerprint density at radius 2 is 1.81 bits per heavy atom. The highest BCUT2D eigenvalue weighted by atomic mass is 16.4. The number of imidazole rings is 1. The first-order valence-electron chi connectivity index (χ1n) is 9.75. The lowest BCUT2D eigenvalue weighted by atomic mass is 10.0. The molecule has 0 aliphatic carbocycles. The zero-order valence-corrected chi connectivity index (χ0v) is 17.0. The number of carboxylic acids is 1. The molecule has 0 saturated heterocycles. The van der Waals surface area contributed by atoms with Crippen molar-refractivity contribution in [1.29, 1.82) is 0 Å². The number of aryl methyl sites for hydroxylation is 2. The second kappa shape index (κ2) is 6.94. The lowest BCUT2D eigenvalue weighted by Gasteiger charge is -2.11. The molecule has 0 atom stereocenters. The van der Waals surface area contributed by atoms with Crippen molar-refractivity contribution < 1.29 is 9.90 Å². The van der Waals surface area contributed by atoms with Gasteiger partial charge in [0, 0.05) is 24.2 Å². The number of aromatic nitrogens is 5. The number of benzene rings is 2. The second-order valence-electron chi connectivity index (χ2n) is 7.48. The number of hydrogen-bond donors (Lipinski definition) is 1. The van der Waals surface area contributed by atoms with Gasteiger partial charge in [0.05, 0.1) is 34.6 Å². The van der Waals surface area contributed by atoms with Crippen LogP contribution in [0.4, 0.5) is 0 Å². The van der Waals surface area contributed by atoms with Crippen molar-refractivity contribution in [2.24, 2.45) is 7.05 Å². The number of rotatable bonds is 4. The smallest absolute Gasteiger partial charge is 0.334 e. The van der Waals surface area contributed by atoms with Crippen LogP contribution in [0, 0.1) is 6.92 Å². The van der Waals surface area contributed by atoms with Crippen LogP contribution >= 0.6 is 0 Å². The topological polar surface area (TPSA) is 94.9 Å². The summed E-state index contributed by atoms with van der Waals surface area (Å²) in [7, 11) is 1.88. The summed E-state index contributed by atoms with van der Waals surface area (Å²) in [6.07, 6.45) is 5.41. The molecule has 0 unspecified atom stereocenters. The molecule has 154 valence electrons. The first kappa shape index (κ1) is 18.8. The lowest BCUT2D eigenvalue weighted by Crippen LogP contribution is -2.26. The molecule has 3 aromatic heterocycles. The minimum absolute atomic E-state index is 0.379. The van der Waals surface area contributed by atoms with Crippen LogP contribution in [0.5, 0.6) is 0 Å². The highest BCUT2D eigenvalue weighted by molar-refractivity contribution is 5.94. The van der Waals surface area contributed by atoms with Crippen LogP contribution in [0.2, 0.25) is 0 Å². The van der Waals surface area contributed by atoms with Crippen molar-refractivity contribution in [3.05, 3.63) is 77.1 Å². The van der Waals surface area contributed by atoms with E-state index in [1.807, 2.05) is 56.7 Å². The van der Waals surface area contributed by atoms with Gasteiger partial charge >= 0.3 is 11.7 Å². The first-order valence-corrected chi connectivity index (χ1v) is 9.75. The number of aliphatic carboxylic acids is 1. The van der Waals surface area contributed by atoms with Crippen LogP contribution in [0.3, 0.4) is 0 Å². The molecule has 0 bridgehead atoms. The Morgan fingerprint density at radius 3 is 2.55 bits per heavy atom. The molecule has 5 rings (SSSR count). The summed E-state index contributed by atoms with van der Waals surface area (Å²) in [6.45, 7) is 1.55. The summed E-state index contributed by atoms with van der Waals surface area (Å²) < 4.78 is 4.63. The molecule has 0 aliphatic rings. The minimum Gasteiger partial charge on any atom is -0.480 e. The normalized spacial score (nSPS) is 11.4. The Balaban J connectivity index is 1.70. The molecule has 31 heavy (non-hydrogen) atoms. The van der Waals surface area contributed by atoms with Crippen molar-refractivity contribution in [2.45, 2.75) is 13.5 Å². The minimum atomic E-state index is -1.06. The number of carbonyl (C=O) groups is 1. The third-order valence-corrected chi connectivity index (χ3v) is 5.55. The molecular formula is C23H19N5O3. The van der Waals surface area contributed by atoms with Crippen LogP contribution in [-0.2, 0) is 18.4 Å². The molecule has 0 radical (unpaired) electrons. The molecule has 3 heterocycles. The fourth-order valence-corrected chi connectivity index (χ4v) is 4.09. The van der Waals surface area contributed by atoms with E-state index in [-0.39, 0.29) is 5.69 Å². The van der Waals surface area contributed by atoms with Gasteiger partial charge in [0.25, 0.3) is 0 Å². The van der Waals surface area contributed by atoms with E-state index in [0.29, 0.717) is 16.7 Å². The number of fused-ring (bicyclic) bond motifs is 2. The standard InChI is InChI=1S/C23H19N5O3/c1-14-9-15(16-10-24-12-21-17(16)11-25-26(21)2)7-8-18(14)28-20-6-4-3-5-19(20)27(23(28)31)13-22(29)30/h3-12H,13H2,1-2H3,(H,29,30). The quantitative estimate of drug-likeness (QED) is 0.488. The van der Waals surface area contributed by atoms with Gasteiger partial charge in [-0.25, -0.2) is 4.79 Å².